The van der Waals surface area contributed by atoms with Crippen LogP contribution in [0.25, 0.3) is 0 Å². The van der Waals surface area contributed by atoms with Crippen molar-refractivity contribution in [2.75, 3.05) is 19.7 Å². The van der Waals surface area contributed by atoms with Gasteiger partial charge in [0.25, 0.3) is 0 Å². The maximum absolute atomic E-state index is 12.3. The molecular weight excluding hydrogens is 318 g/mol. The number of aliphatic hydroxyl groups is 1. The van der Waals surface area contributed by atoms with E-state index in [0.29, 0.717) is 23.3 Å². The first-order chi connectivity index (χ1) is 8.48. The number of nitrogens with zero attached hydrogens (tertiary/aromatic N) is 1. The molecular formula is C12H16BrNO3S. The van der Waals surface area contributed by atoms with Gasteiger partial charge in [-0.3, -0.25) is 0 Å². The van der Waals surface area contributed by atoms with E-state index in [1.165, 1.54) is 4.31 Å². The Morgan fingerprint density at radius 1 is 1.44 bits per heavy atom. The van der Waals surface area contributed by atoms with Crippen LogP contribution >= 0.6 is 15.9 Å². The number of aryl methyl sites for hydroxylation is 1. The quantitative estimate of drug-likeness (QED) is 0.849. The van der Waals surface area contributed by atoms with Crippen molar-refractivity contribution in [3.63, 3.8) is 0 Å². The summed E-state index contributed by atoms with van der Waals surface area (Å²) in [6.07, 6.45) is 0. The maximum atomic E-state index is 12.3. The predicted octanol–water partition coefficient (Wildman–Crippen LogP) is 1.50. The second-order valence-corrected chi connectivity index (χ2v) is 7.09. The van der Waals surface area contributed by atoms with Gasteiger partial charge in [-0.1, -0.05) is 22.0 Å². The Kier molecular flexibility index (Phi) is 4.11. The highest BCUT2D eigenvalue weighted by Crippen LogP contribution is 2.26. The highest BCUT2D eigenvalue weighted by atomic mass is 79.9. The topological polar surface area (TPSA) is 57.6 Å². The van der Waals surface area contributed by atoms with Crippen LogP contribution in [0.5, 0.6) is 0 Å². The van der Waals surface area contributed by atoms with Gasteiger partial charge in [-0.15, -0.1) is 0 Å². The molecule has 0 saturated carbocycles. The van der Waals surface area contributed by atoms with Gasteiger partial charge >= 0.3 is 0 Å². The summed E-state index contributed by atoms with van der Waals surface area (Å²) in [5, 5.41) is 9.57. The molecule has 0 atom stereocenters. The zero-order valence-electron chi connectivity index (χ0n) is 10.1. The molecule has 1 aliphatic heterocycles. The van der Waals surface area contributed by atoms with Crippen LogP contribution in [0.15, 0.2) is 23.1 Å². The molecule has 0 amide bonds. The zero-order valence-corrected chi connectivity index (χ0v) is 12.5. The third-order valence-corrected chi connectivity index (χ3v) is 5.72. The summed E-state index contributed by atoms with van der Waals surface area (Å²) < 4.78 is 26.0. The Labute approximate surface area is 116 Å². The molecule has 1 saturated heterocycles. The van der Waals surface area contributed by atoms with Crippen molar-refractivity contribution in [1.82, 2.24) is 4.31 Å². The van der Waals surface area contributed by atoms with E-state index < -0.39 is 10.0 Å². The van der Waals surface area contributed by atoms with E-state index in [1.807, 2.05) is 13.0 Å². The monoisotopic (exact) mass is 333 g/mol. The Hall–Kier alpha value is -0.430. The highest BCUT2D eigenvalue weighted by molar-refractivity contribution is 9.08. The first kappa shape index (κ1) is 14.0. The summed E-state index contributed by atoms with van der Waals surface area (Å²) in [7, 11) is -3.39. The average Bonchev–Trinajstić information content (AvgIpc) is 2.27. The van der Waals surface area contributed by atoms with E-state index in [-0.39, 0.29) is 12.5 Å². The first-order valence-electron chi connectivity index (χ1n) is 5.75. The van der Waals surface area contributed by atoms with Crippen LogP contribution in [-0.4, -0.2) is 37.5 Å². The summed E-state index contributed by atoms with van der Waals surface area (Å²) in [6, 6.07) is 5.18. The maximum Gasteiger partial charge on any atom is 0.243 e. The highest BCUT2D eigenvalue weighted by Gasteiger charge is 2.36. The molecule has 4 nitrogen and oxygen atoms in total. The van der Waals surface area contributed by atoms with Crippen molar-refractivity contribution >= 4 is 26.0 Å². The van der Waals surface area contributed by atoms with E-state index in [0.717, 1.165) is 11.1 Å². The third kappa shape index (κ3) is 2.47. The zero-order chi connectivity index (χ0) is 13.3. The van der Waals surface area contributed by atoms with Crippen LogP contribution in [0, 0.1) is 12.8 Å². The van der Waals surface area contributed by atoms with Gasteiger partial charge in [0.05, 0.1) is 4.90 Å². The SMILES string of the molecule is Cc1ccc(S(=O)(=O)N2CC(CO)C2)cc1CBr. The van der Waals surface area contributed by atoms with Crippen molar-refractivity contribution in [3.05, 3.63) is 29.3 Å². The Balaban J connectivity index is 2.26. The molecule has 18 heavy (non-hydrogen) atoms. The smallest absolute Gasteiger partial charge is 0.243 e. The predicted molar refractivity (Wildman–Crippen MR) is 73.1 cm³/mol. The van der Waals surface area contributed by atoms with E-state index in [1.54, 1.807) is 12.1 Å². The summed E-state index contributed by atoms with van der Waals surface area (Å²) in [5.74, 6) is 0.0841. The third-order valence-electron chi connectivity index (χ3n) is 3.28. The fourth-order valence-corrected chi connectivity index (χ4v) is 4.18. The van der Waals surface area contributed by atoms with E-state index in [9.17, 15) is 8.42 Å². The van der Waals surface area contributed by atoms with Crippen LogP contribution in [0.3, 0.4) is 0 Å². The number of alkyl halides is 1. The molecule has 100 valence electrons. The molecule has 0 radical (unpaired) electrons. The second-order valence-electron chi connectivity index (χ2n) is 4.59. The lowest BCUT2D eigenvalue weighted by Gasteiger charge is -2.37. The minimum Gasteiger partial charge on any atom is -0.396 e. The van der Waals surface area contributed by atoms with Gasteiger partial charge in [0.1, 0.15) is 0 Å². The molecule has 0 spiro atoms. The summed E-state index contributed by atoms with van der Waals surface area (Å²) in [6.45, 7) is 2.83. The molecule has 1 aliphatic rings. The van der Waals surface area contributed by atoms with Crippen LogP contribution in [0.4, 0.5) is 0 Å². The van der Waals surface area contributed by atoms with Crippen LogP contribution in [0.1, 0.15) is 11.1 Å². The van der Waals surface area contributed by atoms with Gasteiger partial charge < -0.3 is 5.11 Å². The van der Waals surface area contributed by atoms with Gasteiger partial charge in [-0.2, -0.15) is 4.31 Å². The lowest BCUT2D eigenvalue weighted by molar-refractivity contribution is 0.117. The lowest BCUT2D eigenvalue weighted by atomic mass is 10.1. The van der Waals surface area contributed by atoms with Gasteiger partial charge in [-0.05, 0) is 30.2 Å². The number of sulfonamides is 1. The van der Waals surface area contributed by atoms with Crippen molar-refractivity contribution < 1.29 is 13.5 Å². The molecule has 1 aromatic carbocycles. The van der Waals surface area contributed by atoms with Gasteiger partial charge in [0.2, 0.25) is 10.0 Å². The van der Waals surface area contributed by atoms with Crippen molar-refractivity contribution in [1.29, 1.82) is 0 Å². The van der Waals surface area contributed by atoms with Gasteiger partial charge in [-0.25, -0.2) is 8.42 Å². The van der Waals surface area contributed by atoms with Crippen LogP contribution in [-0.2, 0) is 15.4 Å². The number of hydrogen-bond donors (Lipinski definition) is 1. The summed E-state index contributed by atoms with van der Waals surface area (Å²) in [5.41, 5.74) is 2.05. The minimum atomic E-state index is -3.39. The van der Waals surface area contributed by atoms with E-state index >= 15 is 0 Å². The number of hydrogen-bond acceptors (Lipinski definition) is 3. The van der Waals surface area contributed by atoms with Crippen LogP contribution < -0.4 is 0 Å². The van der Waals surface area contributed by atoms with E-state index in [2.05, 4.69) is 15.9 Å². The molecule has 0 aliphatic carbocycles. The van der Waals surface area contributed by atoms with Gasteiger partial charge in [0.15, 0.2) is 0 Å². The molecule has 1 N–H and O–H groups in total. The molecule has 2 rings (SSSR count). The standard InChI is InChI=1S/C12H16BrNO3S/c1-9-2-3-12(4-11(9)5-13)18(16,17)14-6-10(7-14)8-15/h2-4,10,15H,5-8H2,1H3. The van der Waals surface area contributed by atoms with E-state index in [4.69, 9.17) is 5.11 Å². The Morgan fingerprint density at radius 2 is 2.11 bits per heavy atom. The number of rotatable bonds is 4. The largest absolute Gasteiger partial charge is 0.396 e. The van der Waals surface area contributed by atoms with Crippen molar-refractivity contribution in [2.45, 2.75) is 17.1 Å². The molecule has 6 heteroatoms. The molecule has 0 unspecified atom stereocenters. The fourth-order valence-electron chi connectivity index (χ4n) is 1.94. The average molecular weight is 334 g/mol. The summed E-state index contributed by atoms with van der Waals surface area (Å²) >= 11 is 3.36. The fraction of sp³-hybridized carbons (Fsp3) is 0.500. The van der Waals surface area contributed by atoms with Crippen LogP contribution in [0.2, 0.25) is 0 Å². The second kappa shape index (κ2) is 5.28. The summed E-state index contributed by atoms with van der Waals surface area (Å²) in [4.78, 5) is 0.332. The molecule has 1 aromatic rings. The Bertz CT molecular complexity index is 538. The normalized spacial score (nSPS) is 17.7. The number of aliphatic hydroxyl groups excluding tert-OH is 1. The Morgan fingerprint density at radius 3 is 2.67 bits per heavy atom. The number of halogens is 1. The molecule has 1 fully saturated rings. The molecule has 0 aromatic heterocycles. The van der Waals surface area contributed by atoms with Crippen molar-refractivity contribution in [2.24, 2.45) is 5.92 Å². The van der Waals surface area contributed by atoms with Gasteiger partial charge in [0, 0.05) is 30.9 Å². The lowest BCUT2D eigenvalue weighted by Crippen LogP contribution is -2.51. The minimum absolute atomic E-state index is 0.0482. The molecule has 0 bridgehead atoms. The number of benzene rings is 1. The first-order valence-corrected chi connectivity index (χ1v) is 8.31. The molecule has 1 heterocycles. The van der Waals surface area contributed by atoms with Crippen molar-refractivity contribution in [3.8, 4) is 0 Å².